The zero-order valence-corrected chi connectivity index (χ0v) is 16.5. The van der Waals surface area contributed by atoms with Crippen molar-refractivity contribution in [2.45, 2.75) is 12.3 Å². The first-order chi connectivity index (χ1) is 14.0. The van der Waals surface area contributed by atoms with Gasteiger partial charge in [0.1, 0.15) is 12.4 Å². The minimum Gasteiger partial charge on any atom is -0.492 e. The second kappa shape index (κ2) is 7.95. The van der Waals surface area contributed by atoms with E-state index in [4.69, 9.17) is 4.74 Å². The number of benzene rings is 2. The molecular weight excluding hydrogens is 368 g/mol. The summed E-state index contributed by atoms with van der Waals surface area (Å²) in [5.74, 6) is 0.541. The normalized spacial score (nSPS) is 19.7. The van der Waals surface area contributed by atoms with Crippen molar-refractivity contribution in [1.29, 1.82) is 0 Å². The fourth-order valence-corrected chi connectivity index (χ4v) is 3.56. The highest BCUT2D eigenvalue weighted by atomic mass is 16.5. The number of amides is 2. The smallest absolute Gasteiger partial charge is 0.253 e. The highest BCUT2D eigenvalue weighted by Gasteiger charge is 2.27. The number of ether oxygens (including phenoxy) is 1. The number of hydrogen-bond donors (Lipinski definition) is 2. The van der Waals surface area contributed by atoms with Crippen LogP contribution in [0.4, 0.5) is 5.69 Å². The van der Waals surface area contributed by atoms with Crippen LogP contribution in [-0.4, -0.2) is 50.2 Å². The van der Waals surface area contributed by atoms with E-state index in [0.717, 1.165) is 29.1 Å². The summed E-state index contributed by atoms with van der Waals surface area (Å²) in [4.78, 5) is 26.5. The van der Waals surface area contributed by atoms with Gasteiger partial charge < -0.3 is 20.4 Å². The largest absolute Gasteiger partial charge is 0.492 e. The molecule has 0 aromatic heterocycles. The van der Waals surface area contributed by atoms with Gasteiger partial charge in [0.15, 0.2) is 0 Å². The van der Waals surface area contributed by atoms with Crippen LogP contribution < -0.4 is 15.5 Å². The molecule has 2 heterocycles. The Morgan fingerprint density at radius 1 is 1.17 bits per heavy atom. The maximum atomic E-state index is 12.7. The van der Waals surface area contributed by atoms with Gasteiger partial charge in [-0.15, -0.1) is 0 Å². The zero-order valence-electron chi connectivity index (χ0n) is 16.5. The molecule has 2 N–H and O–H groups in total. The average molecular weight is 392 g/mol. The van der Waals surface area contributed by atoms with Crippen LogP contribution >= 0.6 is 0 Å². The number of hydrazone groups is 1. The molecule has 2 aromatic rings. The predicted octanol–water partition coefficient (Wildman–Crippen LogP) is 2.25. The first kappa shape index (κ1) is 19.0. The molecule has 0 fully saturated rings. The second-order valence-electron chi connectivity index (χ2n) is 7.59. The van der Waals surface area contributed by atoms with Crippen molar-refractivity contribution in [3.63, 3.8) is 0 Å². The second-order valence-corrected chi connectivity index (χ2v) is 7.59. The highest BCUT2D eigenvalue weighted by Crippen LogP contribution is 2.29. The molecule has 2 aliphatic heterocycles. The minimum absolute atomic E-state index is 0.0676. The van der Waals surface area contributed by atoms with Crippen LogP contribution in [-0.2, 0) is 11.2 Å². The summed E-state index contributed by atoms with van der Waals surface area (Å²) in [7, 11) is 3.44. The first-order valence-electron chi connectivity index (χ1n) is 9.65. The quantitative estimate of drug-likeness (QED) is 0.836. The van der Waals surface area contributed by atoms with E-state index in [-0.39, 0.29) is 23.7 Å². The van der Waals surface area contributed by atoms with E-state index < -0.39 is 0 Å². The monoisotopic (exact) mass is 392 g/mol. The third-order valence-electron chi connectivity index (χ3n) is 5.25. The Labute approximate surface area is 169 Å². The van der Waals surface area contributed by atoms with Crippen LogP contribution in [0.5, 0.6) is 5.75 Å². The van der Waals surface area contributed by atoms with Crippen molar-refractivity contribution in [3.05, 3.63) is 59.2 Å². The molecule has 0 bridgehead atoms. The molecule has 7 nitrogen and oxygen atoms in total. The number of hydrogen-bond acceptors (Lipinski definition) is 5. The maximum absolute atomic E-state index is 12.7. The Morgan fingerprint density at radius 3 is 2.66 bits per heavy atom. The van der Waals surface area contributed by atoms with E-state index in [9.17, 15) is 9.59 Å². The van der Waals surface area contributed by atoms with Crippen molar-refractivity contribution >= 4 is 23.7 Å². The molecule has 7 heteroatoms. The molecular formula is C22H24N4O3. The molecule has 2 atom stereocenters. The Balaban J connectivity index is 1.42. The Bertz CT molecular complexity index is 953. The molecule has 0 spiro atoms. The van der Waals surface area contributed by atoms with Gasteiger partial charge in [0, 0.05) is 44.0 Å². The van der Waals surface area contributed by atoms with E-state index in [1.807, 2.05) is 36.5 Å². The summed E-state index contributed by atoms with van der Waals surface area (Å²) in [6.45, 7) is 1.12. The Kier molecular flexibility index (Phi) is 5.20. The number of rotatable bonds is 4. The molecule has 2 unspecified atom stereocenters. The third kappa shape index (κ3) is 4.08. The van der Waals surface area contributed by atoms with Crippen molar-refractivity contribution in [1.82, 2.24) is 10.3 Å². The SMILES string of the molecule is CN(C)C(=O)c1ccc2c(c1)CC(C(=O)Nc1ccc(C3C=NNC3)cc1)CO2. The summed E-state index contributed by atoms with van der Waals surface area (Å²) >= 11 is 0. The minimum atomic E-state index is -0.307. The van der Waals surface area contributed by atoms with Gasteiger partial charge in [-0.1, -0.05) is 12.1 Å². The molecule has 2 amide bonds. The molecule has 0 radical (unpaired) electrons. The van der Waals surface area contributed by atoms with Gasteiger partial charge in [-0.05, 0) is 47.9 Å². The van der Waals surface area contributed by atoms with Crippen molar-refractivity contribution < 1.29 is 14.3 Å². The Hall–Kier alpha value is -3.35. The first-order valence-corrected chi connectivity index (χ1v) is 9.65. The van der Waals surface area contributed by atoms with Gasteiger partial charge in [-0.2, -0.15) is 5.10 Å². The number of nitrogens with zero attached hydrogens (tertiary/aromatic N) is 2. The predicted molar refractivity (Wildman–Crippen MR) is 111 cm³/mol. The summed E-state index contributed by atoms with van der Waals surface area (Å²) in [5.41, 5.74) is 6.34. The summed E-state index contributed by atoms with van der Waals surface area (Å²) in [6, 6.07) is 13.2. The molecule has 2 aliphatic rings. The van der Waals surface area contributed by atoms with Crippen LogP contribution in [0.1, 0.15) is 27.4 Å². The van der Waals surface area contributed by atoms with Gasteiger partial charge in [0.2, 0.25) is 5.91 Å². The summed E-state index contributed by atoms with van der Waals surface area (Å²) in [5, 5.41) is 7.01. The molecule has 29 heavy (non-hydrogen) atoms. The van der Waals surface area contributed by atoms with Gasteiger partial charge in [-0.3, -0.25) is 9.59 Å². The fraction of sp³-hybridized carbons (Fsp3) is 0.318. The lowest BCUT2D eigenvalue weighted by molar-refractivity contribution is -0.121. The van der Waals surface area contributed by atoms with E-state index in [1.165, 1.54) is 4.90 Å². The van der Waals surface area contributed by atoms with E-state index in [1.54, 1.807) is 26.2 Å². The average Bonchev–Trinajstić information content (AvgIpc) is 3.27. The van der Waals surface area contributed by atoms with Gasteiger partial charge in [0.05, 0.1) is 5.92 Å². The lowest BCUT2D eigenvalue weighted by Gasteiger charge is -2.25. The van der Waals surface area contributed by atoms with Gasteiger partial charge in [-0.25, -0.2) is 0 Å². The fourth-order valence-electron chi connectivity index (χ4n) is 3.56. The number of nitrogens with one attached hydrogen (secondary N) is 2. The topological polar surface area (TPSA) is 83.0 Å². The van der Waals surface area contributed by atoms with Crippen LogP contribution in [0.3, 0.4) is 0 Å². The van der Waals surface area contributed by atoms with Gasteiger partial charge >= 0.3 is 0 Å². The molecule has 4 rings (SSSR count). The number of fused-ring (bicyclic) bond motifs is 1. The molecule has 0 saturated heterocycles. The molecule has 2 aromatic carbocycles. The number of carbonyl (C=O) groups is 2. The van der Waals surface area contributed by atoms with Gasteiger partial charge in [0.25, 0.3) is 5.91 Å². The maximum Gasteiger partial charge on any atom is 0.253 e. The lowest BCUT2D eigenvalue weighted by Crippen LogP contribution is -2.33. The summed E-state index contributed by atoms with van der Waals surface area (Å²) < 4.78 is 5.77. The molecule has 150 valence electrons. The van der Waals surface area contributed by atoms with Crippen LogP contribution in [0.2, 0.25) is 0 Å². The number of carbonyl (C=O) groups excluding carboxylic acids is 2. The molecule has 0 aliphatic carbocycles. The van der Waals surface area contributed by atoms with E-state index in [2.05, 4.69) is 15.8 Å². The van der Waals surface area contributed by atoms with Crippen LogP contribution in [0, 0.1) is 5.92 Å². The lowest BCUT2D eigenvalue weighted by atomic mass is 9.94. The van der Waals surface area contributed by atoms with E-state index in [0.29, 0.717) is 18.6 Å². The number of anilines is 1. The third-order valence-corrected chi connectivity index (χ3v) is 5.25. The van der Waals surface area contributed by atoms with Crippen LogP contribution in [0.15, 0.2) is 47.6 Å². The van der Waals surface area contributed by atoms with E-state index >= 15 is 0 Å². The Morgan fingerprint density at radius 2 is 1.97 bits per heavy atom. The highest BCUT2D eigenvalue weighted by molar-refractivity contribution is 5.95. The van der Waals surface area contributed by atoms with Crippen LogP contribution in [0.25, 0.3) is 0 Å². The zero-order chi connectivity index (χ0) is 20.4. The standard InChI is InChI=1S/C22H24N4O3/c1-26(2)22(28)15-5-8-20-16(9-15)10-17(13-29-20)21(27)25-19-6-3-14(4-7-19)18-11-23-24-12-18/h3-9,11,17-18,24H,10,12-13H2,1-2H3,(H,25,27). The molecule has 0 saturated carbocycles. The van der Waals surface area contributed by atoms with Crippen molar-refractivity contribution in [2.75, 3.05) is 32.6 Å². The van der Waals surface area contributed by atoms with Crippen molar-refractivity contribution in [3.8, 4) is 5.75 Å². The van der Waals surface area contributed by atoms with Crippen molar-refractivity contribution in [2.24, 2.45) is 11.0 Å². The summed E-state index contributed by atoms with van der Waals surface area (Å²) in [6.07, 6.45) is 2.43.